The van der Waals surface area contributed by atoms with Crippen molar-refractivity contribution in [2.75, 3.05) is 18.0 Å². The first-order valence-electron chi connectivity index (χ1n) is 8.04. The van der Waals surface area contributed by atoms with Crippen molar-refractivity contribution in [1.29, 1.82) is 0 Å². The Kier molecular flexibility index (Phi) is 6.32. The predicted octanol–water partition coefficient (Wildman–Crippen LogP) is 2.89. The quantitative estimate of drug-likeness (QED) is 0.821. The maximum Gasteiger partial charge on any atom is 0.239 e. The lowest BCUT2D eigenvalue weighted by Gasteiger charge is -2.25. The van der Waals surface area contributed by atoms with Crippen LogP contribution >= 0.6 is 0 Å². The molecule has 0 radical (unpaired) electrons. The second kappa shape index (κ2) is 8.45. The Balaban J connectivity index is 1.94. The zero-order valence-corrected chi connectivity index (χ0v) is 13.9. The van der Waals surface area contributed by atoms with Crippen molar-refractivity contribution >= 4 is 11.6 Å². The third-order valence-corrected chi connectivity index (χ3v) is 3.91. The predicted molar refractivity (Wildman–Crippen MR) is 93.3 cm³/mol. The van der Waals surface area contributed by atoms with Crippen LogP contribution in [0.1, 0.15) is 25.5 Å². The van der Waals surface area contributed by atoms with Crippen LogP contribution in [0.15, 0.2) is 54.6 Å². The highest BCUT2D eigenvalue weighted by Gasteiger charge is 2.19. The molecule has 2 rings (SSSR count). The fourth-order valence-corrected chi connectivity index (χ4v) is 2.52. The number of nitrogens with zero attached hydrogens (tertiary/aromatic N) is 1. The van der Waals surface area contributed by atoms with Crippen LogP contribution < -0.4 is 10.2 Å². The average molecular weight is 330 g/mol. The highest BCUT2D eigenvalue weighted by molar-refractivity contribution is 5.81. The molecule has 0 aromatic heterocycles. The molecule has 128 valence electrons. The number of benzene rings is 2. The highest BCUT2D eigenvalue weighted by Crippen LogP contribution is 2.17. The number of aliphatic hydroxyl groups excluding tert-OH is 1. The van der Waals surface area contributed by atoms with Crippen LogP contribution in [0.4, 0.5) is 10.1 Å². The van der Waals surface area contributed by atoms with E-state index < -0.39 is 12.1 Å². The summed E-state index contributed by atoms with van der Waals surface area (Å²) in [7, 11) is 0. The van der Waals surface area contributed by atoms with Gasteiger partial charge in [-0.3, -0.25) is 4.79 Å². The number of hydrogen-bond acceptors (Lipinski definition) is 3. The summed E-state index contributed by atoms with van der Waals surface area (Å²) in [6, 6.07) is 14.8. The van der Waals surface area contributed by atoms with Gasteiger partial charge in [-0.2, -0.15) is 0 Å². The van der Waals surface area contributed by atoms with E-state index in [0.29, 0.717) is 12.1 Å². The number of aliphatic hydroxyl groups is 1. The number of rotatable bonds is 7. The molecule has 0 aliphatic carbocycles. The second-order valence-electron chi connectivity index (χ2n) is 5.70. The SMILES string of the molecule is CCN(CC(=O)NC(C)C(O)c1ccc(F)cc1)c1ccccc1. The lowest BCUT2D eigenvalue weighted by Crippen LogP contribution is -2.43. The standard InChI is InChI=1S/C19H23FN2O2/c1-3-22(17-7-5-4-6-8-17)13-18(23)21-14(2)19(24)15-9-11-16(20)12-10-15/h4-12,14,19,24H,3,13H2,1-2H3,(H,21,23). The van der Waals surface area contributed by atoms with Crippen molar-refractivity contribution < 1.29 is 14.3 Å². The molecule has 2 atom stereocenters. The summed E-state index contributed by atoms with van der Waals surface area (Å²) in [5.41, 5.74) is 1.54. The maximum absolute atomic E-state index is 12.9. The van der Waals surface area contributed by atoms with E-state index in [4.69, 9.17) is 0 Å². The highest BCUT2D eigenvalue weighted by atomic mass is 19.1. The largest absolute Gasteiger partial charge is 0.386 e. The van der Waals surface area contributed by atoms with Gasteiger partial charge in [0.15, 0.2) is 0 Å². The Morgan fingerprint density at radius 1 is 1.17 bits per heavy atom. The molecule has 2 aromatic rings. The summed E-state index contributed by atoms with van der Waals surface area (Å²) in [4.78, 5) is 14.2. The molecule has 0 saturated heterocycles. The van der Waals surface area contributed by atoms with Crippen molar-refractivity contribution in [3.8, 4) is 0 Å². The first-order chi connectivity index (χ1) is 11.5. The van der Waals surface area contributed by atoms with Crippen LogP contribution in [0.5, 0.6) is 0 Å². The first kappa shape index (κ1) is 17.9. The van der Waals surface area contributed by atoms with Crippen LogP contribution in [0.2, 0.25) is 0 Å². The molecule has 5 heteroatoms. The Morgan fingerprint density at radius 3 is 2.38 bits per heavy atom. The van der Waals surface area contributed by atoms with Crippen molar-refractivity contribution in [3.63, 3.8) is 0 Å². The van der Waals surface area contributed by atoms with E-state index in [1.165, 1.54) is 24.3 Å². The van der Waals surface area contributed by atoms with E-state index in [1.807, 2.05) is 42.2 Å². The minimum Gasteiger partial charge on any atom is -0.386 e. The van der Waals surface area contributed by atoms with Crippen molar-refractivity contribution in [3.05, 3.63) is 66.0 Å². The zero-order chi connectivity index (χ0) is 17.5. The number of amides is 1. The first-order valence-corrected chi connectivity index (χ1v) is 8.04. The third kappa shape index (κ3) is 4.80. The fourth-order valence-electron chi connectivity index (χ4n) is 2.52. The molecule has 2 N–H and O–H groups in total. The van der Waals surface area contributed by atoms with Gasteiger partial charge < -0.3 is 15.3 Å². The summed E-state index contributed by atoms with van der Waals surface area (Å²) in [5.74, 6) is -0.529. The van der Waals surface area contributed by atoms with Crippen LogP contribution in [0.25, 0.3) is 0 Å². The number of nitrogens with one attached hydrogen (secondary N) is 1. The monoisotopic (exact) mass is 330 g/mol. The fraction of sp³-hybridized carbons (Fsp3) is 0.316. The molecule has 2 aromatic carbocycles. The van der Waals surface area contributed by atoms with Gasteiger partial charge in [0.25, 0.3) is 0 Å². The van der Waals surface area contributed by atoms with Gasteiger partial charge in [0.2, 0.25) is 5.91 Å². The van der Waals surface area contributed by atoms with E-state index in [9.17, 15) is 14.3 Å². The topological polar surface area (TPSA) is 52.6 Å². The smallest absolute Gasteiger partial charge is 0.239 e. The van der Waals surface area contributed by atoms with E-state index in [2.05, 4.69) is 5.32 Å². The molecule has 0 bridgehead atoms. The Labute approximate surface area is 141 Å². The van der Waals surface area contributed by atoms with Gasteiger partial charge in [-0.25, -0.2) is 4.39 Å². The minimum atomic E-state index is -0.888. The Morgan fingerprint density at radius 2 is 1.79 bits per heavy atom. The van der Waals surface area contributed by atoms with E-state index in [1.54, 1.807) is 6.92 Å². The number of carbonyl (C=O) groups excluding carboxylic acids is 1. The summed E-state index contributed by atoms with van der Waals surface area (Å²) in [5, 5.41) is 13.1. The van der Waals surface area contributed by atoms with Crippen LogP contribution in [-0.4, -0.2) is 30.1 Å². The van der Waals surface area contributed by atoms with Crippen molar-refractivity contribution in [1.82, 2.24) is 5.32 Å². The minimum absolute atomic E-state index is 0.172. The molecule has 0 heterocycles. The number of likely N-dealkylation sites (N-methyl/N-ethyl adjacent to an activating group) is 1. The van der Waals surface area contributed by atoms with Crippen LogP contribution in [-0.2, 0) is 4.79 Å². The van der Waals surface area contributed by atoms with E-state index in [0.717, 1.165) is 5.69 Å². The second-order valence-corrected chi connectivity index (χ2v) is 5.70. The third-order valence-electron chi connectivity index (χ3n) is 3.91. The normalized spacial score (nSPS) is 13.2. The molecule has 0 spiro atoms. The maximum atomic E-state index is 12.9. The average Bonchev–Trinajstić information content (AvgIpc) is 2.60. The molecule has 0 fully saturated rings. The molecule has 1 amide bonds. The van der Waals surface area contributed by atoms with Gasteiger partial charge in [-0.05, 0) is 43.7 Å². The van der Waals surface area contributed by atoms with Gasteiger partial charge >= 0.3 is 0 Å². The lowest BCUT2D eigenvalue weighted by atomic mass is 10.0. The summed E-state index contributed by atoms with van der Waals surface area (Å²) in [6.45, 7) is 4.62. The van der Waals surface area contributed by atoms with E-state index in [-0.39, 0.29) is 18.3 Å². The lowest BCUT2D eigenvalue weighted by molar-refractivity contribution is -0.121. The number of hydrogen-bond donors (Lipinski definition) is 2. The Hall–Kier alpha value is -2.40. The number of para-hydroxylation sites is 1. The van der Waals surface area contributed by atoms with Crippen molar-refractivity contribution in [2.24, 2.45) is 0 Å². The van der Waals surface area contributed by atoms with Gasteiger partial charge in [0, 0.05) is 12.2 Å². The summed E-state index contributed by atoms with van der Waals surface area (Å²) < 4.78 is 12.9. The molecule has 0 aliphatic heterocycles. The number of anilines is 1. The number of halogens is 1. The van der Waals surface area contributed by atoms with Crippen LogP contribution in [0, 0.1) is 5.82 Å². The Bertz CT molecular complexity index is 646. The van der Waals surface area contributed by atoms with Crippen LogP contribution in [0.3, 0.4) is 0 Å². The molecule has 24 heavy (non-hydrogen) atoms. The van der Waals surface area contributed by atoms with E-state index >= 15 is 0 Å². The van der Waals surface area contributed by atoms with Gasteiger partial charge in [-0.15, -0.1) is 0 Å². The zero-order valence-electron chi connectivity index (χ0n) is 13.9. The molecular weight excluding hydrogens is 307 g/mol. The van der Waals surface area contributed by atoms with Gasteiger partial charge in [0.1, 0.15) is 5.82 Å². The van der Waals surface area contributed by atoms with Gasteiger partial charge in [0.05, 0.1) is 18.7 Å². The summed E-state index contributed by atoms with van der Waals surface area (Å²) >= 11 is 0. The summed E-state index contributed by atoms with van der Waals surface area (Å²) in [6.07, 6.45) is -0.888. The number of carbonyl (C=O) groups is 1. The molecule has 2 unspecified atom stereocenters. The van der Waals surface area contributed by atoms with Crippen molar-refractivity contribution in [2.45, 2.75) is 26.0 Å². The molecule has 0 aliphatic rings. The molecule has 0 saturated carbocycles. The van der Waals surface area contributed by atoms with Gasteiger partial charge in [-0.1, -0.05) is 30.3 Å². The molecular formula is C19H23FN2O2. The molecule has 4 nitrogen and oxygen atoms in total.